The van der Waals surface area contributed by atoms with E-state index in [-0.39, 0.29) is 16.6 Å². The first-order chi connectivity index (χ1) is 12.0. The number of benzene rings is 2. The van der Waals surface area contributed by atoms with E-state index in [0.29, 0.717) is 6.42 Å². The minimum Gasteiger partial charge on any atom is -0.271 e. The first kappa shape index (κ1) is 17.3. The zero-order valence-electron chi connectivity index (χ0n) is 13.1. The molecule has 0 aliphatic carbocycles. The number of hydrazine groups is 2. The van der Waals surface area contributed by atoms with Crippen LogP contribution in [0.25, 0.3) is 0 Å². The predicted molar refractivity (Wildman–Crippen MR) is 90.9 cm³/mol. The Labute approximate surface area is 148 Å². The maximum Gasteiger partial charge on any atom is 0.271 e. The molecule has 2 amide bonds. The smallest absolute Gasteiger partial charge is 0.271 e. The molecule has 1 fully saturated rings. The fourth-order valence-electron chi connectivity index (χ4n) is 2.58. The molecule has 2 atom stereocenters. The average Bonchev–Trinajstić information content (AvgIpc) is 3.10. The second kappa shape index (κ2) is 7.60. The third-order valence-electron chi connectivity index (χ3n) is 3.90. The minimum atomic E-state index is -0.621. The van der Waals surface area contributed by atoms with Crippen molar-refractivity contribution in [1.82, 2.24) is 21.7 Å². The highest BCUT2D eigenvalue weighted by Gasteiger charge is 2.30. The Bertz CT molecular complexity index is 787. The Kier molecular flexibility index (Phi) is 5.28. The molecule has 2 unspecified atom stereocenters. The summed E-state index contributed by atoms with van der Waals surface area (Å²) in [5.41, 5.74) is 11.7. The van der Waals surface area contributed by atoms with Gasteiger partial charge >= 0.3 is 0 Å². The number of hydrogen-bond donors (Lipinski definition) is 4. The first-order valence-corrected chi connectivity index (χ1v) is 8.03. The van der Waals surface area contributed by atoms with Gasteiger partial charge in [0.15, 0.2) is 0 Å². The summed E-state index contributed by atoms with van der Waals surface area (Å²) in [7, 11) is 0. The highest BCUT2D eigenvalue weighted by molar-refractivity contribution is 6.33. The van der Waals surface area contributed by atoms with E-state index in [1.807, 2.05) is 30.3 Å². The largest absolute Gasteiger partial charge is 0.271 e. The van der Waals surface area contributed by atoms with Crippen molar-refractivity contribution in [3.05, 3.63) is 70.5 Å². The van der Waals surface area contributed by atoms with Crippen LogP contribution in [0.4, 0.5) is 4.39 Å². The van der Waals surface area contributed by atoms with Crippen molar-refractivity contribution >= 4 is 23.4 Å². The Morgan fingerprint density at radius 2 is 1.84 bits per heavy atom. The van der Waals surface area contributed by atoms with Gasteiger partial charge in [-0.15, -0.1) is 0 Å². The standard InChI is InChI=1S/C17H16ClFN4O2/c18-13-8-11(19)6-7-12(13)16(24)22-23-17(25)15-9-14(20-21-15)10-4-2-1-3-5-10/h1-8,14-15,20-21H,9H2,(H,22,24)(H,23,25). The summed E-state index contributed by atoms with van der Waals surface area (Å²) >= 11 is 5.82. The van der Waals surface area contributed by atoms with Crippen LogP contribution in [0, 0.1) is 5.82 Å². The quantitative estimate of drug-likeness (QED) is 0.628. The first-order valence-electron chi connectivity index (χ1n) is 7.66. The summed E-state index contributed by atoms with van der Waals surface area (Å²) in [6.45, 7) is 0. The molecule has 0 saturated carbocycles. The molecule has 1 aliphatic rings. The van der Waals surface area contributed by atoms with Crippen LogP contribution < -0.4 is 21.7 Å². The van der Waals surface area contributed by atoms with Crippen LogP contribution in [0.2, 0.25) is 5.02 Å². The van der Waals surface area contributed by atoms with Crippen LogP contribution in [0.1, 0.15) is 28.4 Å². The van der Waals surface area contributed by atoms with Gasteiger partial charge in [-0.25, -0.2) is 15.2 Å². The molecule has 2 aromatic carbocycles. The second-order valence-electron chi connectivity index (χ2n) is 5.61. The molecule has 8 heteroatoms. The van der Waals surface area contributed by atoms with E-state index < -0.39 is 23.7 Å². The zero-order chi connectivity index (χ0) is 17.8. The number of nitrogens with one attached hydrogen (secondary N) is 4. The Hall–Kier alpha value is -2.48. The summed E-state index contributed by atoms with van der Waals surface area (Å²) < 4.78 is 13.0. The van der Waals surface area contributed by atoms with E-state index in [1.165, 1.54) is 6.07 Å². The van der Waals surface area contributed by atoms with Gasteiger partial charge in [-0.2, -0.15) is 0 Å². The third-order valence-corrected chi connectivity index (χ3v) is 4.21. The molecule has 1 aliphatic heterocycles. The molecule has 0 bridgehead atoms. The molecular formula is C17H16ClFN4O2. The van der Waals surface area contributed by atoms with Crippen molar-refractivity contribution in [2.75, 3.05) is 0 Å². The summed E-state index contributed by atoms with van der Waals surface area (Å²) in [5.74, 6) is -1.56. The minimum absolute atomic E-state index is 0.000746. The van der Waals surface area contributed by atoms with E-state index in [0.717, 1.165) is 17.7 Å². The molecule has 0 spiro atoms. The van der Waals surface area contributed by atoms with Crippen molar-refractivity contribution < 1.29 is 14.0 Å². The van der Waals surface area contributed by atoms with E-state index in [9.17, 15) is 14.0 Å². The number of halogens is 2. The maximum absolute atomic E-state index is 13.0. The molecule has 130 valence electrons. The zero-order valence-corrected chi connectivity index (χ0v) is 13.8. The monoisotopic (exact) mass is 362 g/mol. The number of hydrogen-bond acceptors (Lipinski definition) is 4. The van der Waals surface area contributed by atoms with Crippen LogP contribution in [0.15, 0.2) is 48.5 Å². The highest BCUT2D eigenvalue weighted by atomic mass is 35.5. The topological polar surface area (TPSA) is 82.3 Å². The van der Waals surface area contributed by atoms with Crippen molar-refractivity contribution in [3.63, 3.8) is 0 Å². The van der Waals surface area contributed by atoms with Crippen molar-refractivity contribution in [2.45, 2.75) is 18.5 Å². The number of amides is 2. The molecule has 1 heterocycles. The van der Waals surface area contributed by atoms with E-state index in [1.54, 1.807) is 0 Å². The number of carbonyl (C=O) groups is 2. The number of rotatable bonds is 3. The van der Waals surface area contributed by atoms with Crippen molar-refractivity contribution in [3.8, 4) is 0 Å². The molecule has 0 aromatic heterocycles. The van der Waals surface area contributed by atoms with Gasteiger partial charge in [0.25, 0.3) is 11.8 Å². The Morgan fingerprint density at radius 3 is 2.56 bits per heavy atom. The maximum atomic E-state index is 13.0. The van der Waals surface area contributed by atoms with Gasteiger partial charge in [-0.05, 0) is 30.2 Å². The molecule has 4 N–H and O–H groups in total. The lowest BCUT2D eigenvalue weighted by Gasteiger charge is -2.12. The van der Waals surface area contributed by atoms with Gasteiger partial charge in [0.1, 0.15) is 11.9 Å². The van der Waals surface area contributed by atoms with Crippen molar-refractivity contribution in [2.24, 2.45) is 0 Å². The van der Waals surface area contributed by atoms with Gasteiger partial charge in [0.2, 0.25) is 0 Å². The lowest BCUT2D eigenvalue weighted by Crippen LogP contribution is -2.50. The lowest BCUT2D eigenvalue weighted by atomic mass is 10.0. The van der Waals surface area contributed by atoms with Crippen LogP contribution in [-0.4, -0.2) is 17.9 Å². The average molecular weight is 363 g/mol. The molecule has 6 nitrogen and oxygen atoms in total. The fourth-order valence-corrected chi connectivity index (χ4v) is 2.83. The van der Waals surface area contributed by atoms with E-state index in [2.05, 4.69) is 21.7 Å². The SMILES string of the molecule is O=C(NNC(=O)C1CC(c2ccccc2)NN1)c1ccc(F)cc1Cl. The van der Waals surface area contributed by atoms with Gasteiger partial charge in [-0.3, -0.25) is 20.4 Å². The van der Waals surface area contributed by atoms with Gasteiger partial charge in [0, 0.05) is 6.04 Å². The second-order valence-corrected chi connectivity index (χ2v) is 6.01. The van der Waals surface area contributed by atoms with Crippen LogP contribution in [0.3, 0.4) is 0 Å². The molecule has 25 heavy (non-hydrogen) atoms. The highest BCUT2D eigenvalue weighted by Crippen LogP contribution is 2.21. The van der Waals surface area contributed by atoms with E-state index in [4.69, 9.17) is 11.6 Å². The van der Waals surface area contributed by atoms with Crippen LogP contribution >= 0.6 is 11.6 Å². The van der Waals surface area contributed by atoms with Gasteiger partial charge < -0.3 is 0 Å². The van der Waals surface area contributed by atoms with Crippen LogP contribution in [0.5, 0.6) is 0 Å². The summed E-state index contributed by atoms with van der Waals surface area (Å²) in [6.07, 6.45) is 0.531. The summed E-state index contributed by atoms with van der Waals surface area (Å²) in [6, 6.07) is 12.6. The van der Waals surface area contributed by atoms with Gasteiger partial charge in [-0.1, -0.05) is 41.9 Å². The van der Waals surface area contributed by atoms with Crippen LogP contribution in [-0.2, 0) is 4.79 Å². The fraction of sp³-hybridized carbons (Fsp3) is 0.176. The third kappa shape index (κ3) is 4.14. The molecule has 2 aromatic rings. The number of carbonyl (C=O) groups excluding carboxylic acids is 2. The summed E-state index contributed by atoms with van der Waals surface area (Å²) in [5, 5.41) is -0.0310. The Morgan fingerprint density at radius 1 is 1.08 bits per heavy atom. The molecule has 0 radical (unpaired) electrons. The lowest BCUT2D eigenvalue weighted by molar-refractivity contribution is -0.123. The molecule has 3 rings (SSSR count). The summed E-state index contributed by atoms with van der Waals surface area (Å²) in [4.78, 5) is 24.2. The normalized spacial score (nSPS) is 19.4. The van der Waals surface area contributed by atoms with E-state index >= 15 is 0 Å². The molecular weight excluding hydrogens is 347 g/mol. The van der Waals surface area contributed by atoms with Crippen molar-refractivity contribution in [1.29, 1.82) is 0 Å². The molecule has 1 saturated heterocycles. The Balaban J connectivity index is 1.54. The van der Waals surface area contributed by atoms with Gasteiger partial charge in [0.05, 0.1) is 10.6 Å². The predicted octanol–water partition coefficient (Wildman–Crippen LogP) is 1.85.